The van der Waals surface area contributed by atoms with Gasteiger partial charge >= 0.3 is 5.97 Å². The summed E-state index contributed by atoms with van der Waals surface area (Å²) < 4.78 is 0. The van der Waals surface area contributed by atoms with E-state index in [4.69, 9.17) is 0 Å². The van der Waals surface area contributed by atoms with Crippen LogP contribution < -0.4 is 5.32 Å². The third-order valence-corrected chi connectivity index (χ3v) is 5.51. The van der Waals surface area contributed by atoms with Gasteiger partial charge in [0.05, 0.1) is 11.6 Å². The van der Waals surface area contributed by atoms with E-state index in [1.165, 1.54) is 11.1 Å². The molecule has 2 aromatic heterocycles. The van der Waals surface area contributed by atoms with Crippen LogP contribution in [0.1, 0.15) is 48.2 Å². The number of fused-ring (bicyclic) bond motifs is 1. The second kappa shape index (κ2) is 8.48. The molecule has 0 bridgehead atoms. The van der Waals surface area contributed by atoms with Gasteiger partial charge in [-0.05, 0) is 41.7 Å². The molecule has 150 valence electrons. The van der Waals surface area contributed by atoms with Crippen molar-refractivity contribution >= 4 is 5.97 Å². The van der Waals surface area contributed by atoms with E-state index in [-0.39, 0.29) is 5.92 Å². The van der Waals surface area contributed by atoms with Gasteiger partial charge in [0.1, 0.15) is 0 Å². The molecule has 8 nitrogen and oxygen atoms in total. The number of benzene rings is 1. The molecule has 2 atom stereocenters. The average molecular weight is 392 g/mol. The molecule has 1 aliphatic heterocycles. The predicted octanol–water partition coefficient (Wildman–Crippen LogP) is 2.69. The van der Waals surface area contributed by atoms with Gasteiger partial charge < -0.3 is 10.4 Å². The molecule has 0 saturated carbocycles. The molecule has 0 radical (unpaired) electrons. The maximum Gasteiger partial charge on any atom is 0.307 e. The SMILES string of the molecule is CCCC(C(=O)O)C(Cc1ccc(-c2ccc3c(c2)CNC3)nc1)c1nn[nH]n1. The molecule has 4 rings (SSSR count). The number of tetrazole rings is 1. The van der Waals surface area contributed by atoms with Gasteiger partial charge in [-0.25, -0.2) is 0 Å². The van der Waals surface area contributed by atoms with Crippen molar-refractivity contribution < 1.29 is 9.90 Å². The Morgan fingerprint density at radius 2 is 2.07 bits per heavy atom. The number of aromatic nitrogens is 5. The number of hydrogen-bond acceptors (Lipinski definition) is 6. The van der Waals surface area contributed by atoms with E-state index < -0.39 is 11.9 Å². The van der Waals surface area contributed by atoms with Crippen molar-refractivity contribution in [1.82, 2.24) is 30.9 Å². The van der Waals surface area contributed by atoms with Crippen LogP contribution in [0.15, 0.2) is 36.5 Å². The van der Waals surface area contributed by atoms with Crippen LogP contribution in [0.25, 0.3) is 11.3 Å². The summed E-state index contributed by atoms with van der Waals surface area (Å²) in [7, 11) is 0. The van der Waals surface area contributed by atoms with Crippen molar-refractivity contribution in [3.05, 3.63) is 59.0 Å². The van der Waals surface area contributed by atoms with Gasteiger partial charge in [-0.2, -0.15) is 5.21 Å². The maximum atomic E-state index is 11.8. The fourth-order valence-electron chi connectivity index (χ4n) is 3.97. The van der Waals surface area contributed by atoms with E-state index in [0.717, 1.165) is 36.3 Å². The highest BCUT2D eigenvalue weighted by Gasteiger charge is 2.32. The zero-order valence-electron chi connectivity index (χ0n) is 16.3. The molecule has 8 heteroatoms. The van der Waals surface area contributed by atoms with Crippen LogP contribution in [0, 0.1) is 5.92 Å². The highest BCUT2D eigenvalue weighted by Crippen LogP contribution is 2.30. The number of aromatic amines is 1. The number of carboxylic acid groups (broad SMARTS) is 1. The number of rotatable bonds is 8. The first-order chi connectivity index (χ1) is 14.2. The molecule has 3 heterocycles. The Morgan fingerprint density at radius 1 is 1.21 bits per heavy atom. The normalized spacial score (nSPS) is 15.1. The van der Waals surface area contributed by atoms with E-state index in [2.05, 4.69) is 49.1 Å². The van der Waals surface area contributed by atoms with Gasteiger partial charge in [-0.1, -0.05) is 36.8 Å². The van der Waals surface area contributed by atoms with Crippen molar-refractivity contribution in [1.29, 1.82) is 0 Å². The smallest absolute Gasteiger partial charge is 0.307 e. The van der Waals surface area contributed by atoms with Crippen LogP contribution >= 0.6 is 0 Å². The van der Waals surface area contributed by atoms with Crippen molar-refractivity contribution in [2.75, 3.05) is 0 Å². The molecular formula is C21H24N6O2. The Bertz CT molecular complexity index is 971. The van der Waals surface area contributed by atoms with Crippen LogP contribution in [-0.4, -0.2) is 36.7 Å². The minimum absolute atomic E-state index is 0.357. The standard InChI is InChI=1S/C21H24N6O2/c1-2-3-17(21(28)29)18(20-24-26-27-25-20)8-13-4-7-19(23-10-13)14-5-6-15-11-22-12-16(15)9-14/h4-7,9-10,17-18,22H,2-3,8,11-12H2,1H3,(H,28,29)(H,24,25,26,27). The second-order valence-electron chi connectivity index (χ2n) is 7.45. The molecule has 0 spiro atoms. The fraction of sp³-hybridized carbons (Fsp3) is 0.381. The summed E-state index contributed by atoms with van der Waals surface area (Å²) >= 11 is 0. The third kappa shape index (κ3) is 4.17. The van der Waals surface area contributed by atoms with E-state index in [1.54, 1.807) is 0 Å². The zero-order chi connectivity index (χ0) is 20.2. The largest absolute Gasteiger partial charge is 0.481 e. The molecule has 1 aliphatic rings. The van der Waals surface area contributed by atoms with Crippen LogP contribution in [0.5, 0.6) is 0 Å². The maximum absolute atomic E-state index is 11.8. The third-order valence-electron chi connectivity index (χ3n) is 5.51. The molecule has 1 aromatic carbocycles. The molecule has 29 heavy (non-hydrogen) atoms. The van der Waals surface area contributed by atoms with Crippen molar-refractivity contribution in [2.45, 2.75) is 45.2 Å². The van der Waals surface area contributed by atoms with Gasteiger partial charge in [0.25, 0.3) is 0 Å². The van der Waals surface area contributed by atoms with Crippen LogP contribution in [0.3, 0.4) is 0 Å². The summed E-state index contributed by atoms with van der Waals surface area (Å²) in [6.07, 6.45) is 3.65. The van der Waals surface area contributed by atoms with Crippen molar-refractivity contribution in [3.8, 4) is 11.3 Å². The van der Waals surface area contributed by atoms with Gasteiger partial charge in [0.15, 0.2) is 5.82 Å². The topological polar surface area (TPSA) is 117 Å². The van der Waals surface area contributed by atoms with E-state index in [0.29, 0.717) is 18.7 Å². The lowest BCUT2D eigenvalue weighted by Gasteiger charge is -2.21. The fourth-order valence-corrected chi connectivity index (χ4v) is 3.97. The molecule has 0 fully saturated rings. The number of pyridine rings is 1. The van der Waals surface area contributed by atoms with Crippen LogP contribution in [0.4, 0.5) is 0 Å². The average Bonchev–Trinajstić information content (AvgIpc) is 3.42. The lowest BCUT2D eigenvalue weighted by molar-refractivity contribution is -0.142. The van der Waals surface area contributed by atoms with Crippen molar-refractivity contribution in [2.24, 2.45) is 5.92 Å². The Morgan fingerprint density at radius 3 is 2.76 bits per heavy atom. The van der Waals surface area contributed by atoms with Crippen LogP contribution in [0.2, 0.25) is 0 Å². The van der Waals surface area contributed by atoms with E-state index >= 15 is 0 Å². The summed E-state index contributed by atoms with van der Waals surface area (Å²) in [5.74, 6) is -1.33. The van der Waals surface area contributed by atoms with Gasteiger partial charge in [0.2, 0.25) is 0 Å². The number of nitrogens with zero attached hydrogens (tertiary/aromatic N) is 4. The highest BCUT2D eigenvalue weighted by molar-refractivity contribution is 5.71. The summed E-state index contributed by atoms with van der Waals surface area (Å²) in [5, 5.41) is 27.2. The summed E-state index contributed by atoms with van der Waals surface area (Å²) in [6, 6.07) is 10.4. The first kappa shape index (κ1) is 19.2. The predicted molar refractivity (Wildman–Crippen MR) is 107 cm³/mol. The number of carbonyl (C=O) groups is 1. The van der Waals surface area contributed by atoms with Crippen LogP contribution in [-0.2, 0) is 24.3 Å². The summed E-state index contributed by atoms with van der Waals surface area (Å²) in [5.41, 5.74) is 5.60. The lowest BCUT2D eigenvalue weighted by Crippen LogP contribution is -2.25. The van der Waals surface area contributed by atoms with E-state index in [9.17, 15) is 9.90 Å². The Hall–Kier alpha value is -3.13. The van der Waals surface area contributed by atoms with E-state index in [1.807, 2.05) is 25.3 Å². The lowest BCUT2D eigenvalue weighted by atomic mass is 9.83. The Labute approximate surface area is 168 Å². The molecule has 2 unspecified atom stereocenters. The molecule has 3 aromatic rings. The number of carboxylic acids is 1. The zero-order valence-corrected chi connectivity index (χ0v) is 16.3. The molecular weight excluding hydrogens is 368 g/mol. The second-order valence-corrected chi connectivity index (χ2v) is 7.45. The van der Waals surface area contributed by atoms with Gasteiger partial charge in [-0.3, -0.25) is 9.78 Å². The van der Waals surface area contributed by atoms with Crippen molar-refractivity contribution in [3.63, 3.8) is 0 Å². The molecule has 3 N–H and O–H groups in total. The first-order valence-electron chi connectivity index (χ1n) is 9.89. The first-order valence-corrected chi connectivity index (χ1v) is 9.89. The molecule has 0 saturated heterocycles. The number of aliphatic carboxylic acids is 1. The quantitative estimate of drug-likeness (QED) is 0.539. The number of H-pyrrole nitrogens is 1. The van der Waals surface area contributed by atoms with Gasteiger partial charge in [-0.15, -0.1) is 10.2 Å². The Balaban J connectivity index is 1.56. The number of hydrogen-bond donors (Lipinski definition) is 3. The number of nitrogens with one attached hydrogen (secondary N) is 2. The molecule has 0 aliphatic carbocycles. The molecule has 0 amide bonds. The summed E-state index contributed by atoms with van der Waals surface area (Å²) in [6.45, 7) is 3.79. The Kier molecular flexibility index (Phi) is 5.62. The van der Waals surface area contributed by atoms with Gasteiger partial charge in [0, 0.05) is 30.8 Å². The summed E-state index contributed by atoms with van der Waals surface area (Å²) in [4.78, 5) is 16.5. The highest BCUT2D eigenvalue weighted by atomic mass is 16.4. The monoisotopic (exact) mass is 392 g/mol. The minimum atomic E-state index is -0.835. The minimum Gasteiger partial charge on any atom is -0.481 e.